The molecular weight excluding hydrogens is 378 g/mol. The molecule has 0 fully saturated rings. The maximum absolute atomic E-state index is 11.9. The molecule has 0 saturated carbocycles. The maximum Gasteiger partial charge on any atom is 0.250 e. The van der Waals surface area contributed by atoms with E-state index in [2.05, 4.69) is 15.6 Å². The SMILES string of the molecule is COc1ccc(-c2csc(NC(=S)NC(=O)C=Cc3ccccc3)n2)cc1. The lowest BCUT2D eigenvalue weighted by atomic mass is 10.2. The third kappa shape index (κ3) is 5.47. The molecule has 1 aromatic heterocycles. The summed E-state index contributed by atoms with van der Waals surface area (Å²) < 4.78 is 5.15. The number of carbonyl (C=O) groups is 1. The molecule has 0 spiro atoms. The summed E-state index contributed by atoms with van der Waals surface area (Å²) >= 11 is 6.58. The number of carbonyl (C=O) groups excluding carboxylic acids is 1. The summed E-state index contributed by atoms with van der Waals surface area (Å²) in [5.74, 6) is 0.489. The van der Waals surface area contributed by atoms with Crippen LogP contribution in [-0.4, -0.2) is 23.1 Å². The van der Waals surface area contributed by atoms with Crippen molar-refractivity contribution < 1.29 is 9.53 Å². The number of ether oxygens (including phenoxy) is 1. The van der Waals surface area contributed by atoms with Crippen LogP contribution in [0.4, 0.5) is 5.13 Å². The van der Waals surface area contributed by atoms with Crippen molar-refractivity contribution in [2.24, 2.45) is 0 Å². The molecule has 0 aliphatic heterocycles. The summed E-state index contributed by atoms with van der Waals surface area (Å²) in [5, 5.41) is 8.27. The molecule has 3 aromatic rings. The quantitative estimate of drug-likeness (QED) is 0.497. The van der Waals surface area contributed by atoms with E-state index < -0.39 is 0 Å². The molecule has 3 rings (SSSR count). The summed E-state index contributed by atoms with van der Waals surface area (Å²) in [5.41, 5.74) is 2.74. The standard InChI is InChI=1S/C20H17N3O2S2/c1-25-16-10-8-15(9-11-16)17-13-27-20(21-17)23-19(26)22-18(24)12-7-14-5-3-2-4-6-14/h2-13H,1H3,(H2,21,22,23,24,26). The Kier molecular flexibility index (Phi) is 6.30. The predicted octanol–water partition coefficient (Wildman–Crippen LogP) is 4.35. The van der Waals surface area contributed by atoms with E-state index in [1.165, 1.54) is 17.4 Å². The van der Waals surface area contributed by atoms with Crippen LogP contribution in [0.5, 0.6) is 5.75 Å². The molecule has 2 N–H and O–H groups in total. The summed E-state index contributed by atoms with van der Waals surface area (Å²) in [6.07, 6.45) is 3.16. The first-order chi connectivity index (χ1) is 13.1. The lowest BCUT2D eigenvalue weighted by Gasteiger charge is -2.04. The number of amides is 1. The minimum absolute atomic E-state index is 0.202. The average Bonchev–Trinajstić information content (AvgIpc) is 3.15. The van der Waals surface area contributed by atoms with Crippen molar-refractivity contribution in [1.29, 1.82) is 0 Å². The number of hydrogen-bond acceptors (Lipinski definition) is 5. The van der Waals surface area contributed by atoms with Crippen LogP contribution in [-0.2, 0) is 4.79 Å². The van der Waals surface area contributed by atoms with E-state index >= 15 is 0 Å². The number of rotatable bonds is 5. The van der Waals surface area contributed by atoms with Crippen LogP contribution in [0, 0.1) is 0 Å². The second-order valence-electron chi connectivity index (χ2n) is 5.45. The highest BCUT2D eigenvalue weighted by Gasteiger charge is 2.07. The number of thiazole rings is 1. The molecule has 5 nitrogen and oxygen atoms in total. The second-order valence-corrected chi connectivity index (χ2v) is 6.72. The van der Waals surface area contributed by atoms with Crippen molar-refractivity contribution in [3.8, 4) is 17.0 Å². The molecule has 0 atom stereocenters. The molecule has 27 heavy (non-hydrogen) atoms. The van der Waals surface area contributed by atoms with Gasteiger partial charge in [-0.05, 0) is 48.1 Å². The van der Waals surface area contributed by atoms with Gasteiger partial charge in [0.2, 0.25) is 5.91 Å². The monoisotopic (exact) mass is 395 g/mol. The fourth-order valence-corrected chi connectivity index (χ4v) is 3.23. The van der Waals surface area contributed by atoms with Crippen LogP contribution in [0.3, 0.4) is 0 Å². The fraction of sp³-hybridized carbons (Fsp3) is 0.0500. The Balaban J connectivity index is 1.55. The van der Waals surface area contributed by atoms with E-state index in [-0.39, 0.29) is 11.0 Å². The normalized spacial score (nSPS) is 10.6. The van der Waals surface area contributed by atoms with Crippen molar-refractivity contribution >= 4 is 45.8 Å². The molecule has 7 heteroatoms. The van der Waals surface area contributed by atoms with Gasteiger partial charge in [-0.3, -0.25) is 10.1 Å². The first-order valence-electron chi connectivity index (χ1n) is 8.09. The van der Waals surface area contributed by atoms with Gasteiger partial charge in [0, 0.05) is 17.0 Å². The minimum Gasteiger partial charge on any atom is -0.497 e. The van der Waals surface area contributed by atoms with Gasteiger partial charge in [-0.15, -0.1) is 11.3 Å². The average molecular weight is 396 g/mol. The van der Waals surface area contributed by atoms with E-state index in [9.17, 15) is 4.79 Å². The van der Waals surface area contributed by atoms with Gasteiger partial charge >= 0.3 is 0 Å². The van der Waals surface area contributed by atoms with Crippen LogP contribution >= 0.6 is 23.6 Å². The highest BCUT2D eigenvalue weighted by Crippen LogP contribution is 2.26. The number of benzene rings is 2. The first kappa shape index (κ1) is 18.8. The fourth-order valence-electron chi connectivity index (χ4n) is 2.24. The van der Waals surface area contributed by atoms with Gasteiger partial charge in [0.25, 0.3) is 0 Å². The summed E-state index contributed by atoms with van der Waals surface area (Å²) in [7, 11) is 1.63. The minimum atomic E-state index is -0.303. The third-order valence-corrected chi connectivity index (χ3v) is 4.54. The van der Waals surface area contributed by atoms with Crippen LogP contribution in [0.1, 0.15) is 5.56 Å². The van der Waals surface area contributed by atoms with Gasteiger partial charge in [-0.2, -0.15) is 0 Å². The largest absolute Gasteiger partial charge is 0.497 e. The Morgan fingerprint density at radius 1 is 1.15 bits per heavy atom. The highest BCUT2D eigenvalue weighted by molar-refractivity contribution is 7.80. The lowest BCUT2D eigenvalue weighted by molar-refractivity contribution is -0.115. The second kappa shape index (κ2) is 9.07. The molecular formula is C20H17N3O2S2. The van der Waals surface area contributed by atoms with Gasteiger partial charge in [-0.1, -0.05) is 30.3 Å². The number of anilines is 1. The first-order valence-corrected chi connectivity index (χ1v) is 9.38. The van der Waals surface area contributed by atoms with E-state index in [0.29, 0.717) is 5.13 Å². The maximum atomic E-state index is 11.9. The van der Waals surface area contributed by atoms with Crippen LogP contribution in [0.25, 0.3) is 17.3 Å². The van der Waals surface area contributed by atoms with E-state index in [1.54, 1.807) is 13.2 Å². The number of hydrogen-bond donors (Lipinski definition) is 2. The van der Waals surface area contributed by atoms with E-state index in [0.717, 1.165) is 22.6 Å². The van der Waals surface area contributed by atoms with Gasteiger partial charge in [0.15, 0.2) is 10.2 Å². The zero-order chi connectivity index (χ0) is 19.1. The highest BCUT2D eigenvalue weighted by atomic mass is 32.1. The van der Waals surface area contributed by atoms with Crippen molar-refractivity contribution in [1.82, 2.24) is 10.3 Å². The molecule has 136 valence electrons. The molecule has 0 aliphatic rings. The van der Waals surface area contributed by atoms with Crippen molar-refractivity contribution in [3.05, 3.63) is 71.6 Å². The Morgan fingerprint density at radius 2 is 1.89 bits per heavy atom. The van der Waals surface area contributed by atoms with Crippen molar-refractivity contribution in [2.75, 3.05) is 12.4 Å². The topological polar surface area (TPSA) is 63.2 Å². The molecule has 0 aliphatic carbocycles. The van der Waals surface area contributed by atoms with Crippen LogP contribution in [0.2, 0.25) is 0 Å². The number of thiocarbonyl (C=S) groups is 1. The molecule has 1 amide bonds. The summed E-state index contributed by atoms with van der Waals surface area (Å²) in [4.78, 5) is 16.4. The Bertz CT molecular complexity index is 951. The number of nitrogens with one attached hydrogen (secondary N) is 2. The van der Waals surface area contributed by atoms with Crippen LogP contribution < -0.4 is 15.4 Å². The predicted molar refractivity (Wildman–Crippen MR) is 114 cm³/mol. The van der Waals surface area contributed by atoms with Crippen LogP contribution in [0.15, 0.2) is 66.1 Å². The molecule has 0 bridgehead atoms. The Hall–Kier alpha value is -3.03. The molecule has 2 aromatic carbocycles. The Morgan fingerprint density at radius 3 is 2.59 bits per heavy atom. The number of nitrogens with zero attached hydrogens (tertiary/aromatic N) is 1. The lowest BCUT2D eigenvalue weighted by Crippen LogP contribution is -2.32. The zero-order valence-corrected chi connectivity index (χ0v) is 16.1. The van der Waals surface area contributed by atoms with Crippen molar-refractivity contribution in [2.45, 2.75) is 0 Å². The molecule has 0 saturated heterocycles. The number of methoxy groups -OCH3 is 1. The Labute approximate surface area is 166 Å². The van der Waals surface area contributed by atoms with Gasteiger partial charge in [-0.25, -0.2) is 4.98 Å². The van der Waals surface area contributed by atoms with E-state index in [1.807, 2.05) is 60.0 Å². The van der Waals surface area contributed by atoms with Gasteiger partial charge < -0.3 is 10.1 Å². The molecule has 0 unspecified atom stereocenters. The third-order valence-electron chi connectivity index (χ3n) is 3.57. The van der Waals surface area contributed by atoms with Gasteiger partial charge in [0.1, 0.15) is 5.75 Å². The molecule has 1 heterocycles. The smallest absolute Gasteiger partial charge is 0.250 e. The summed E-state index contributed by atoms with van der Waals surface area (Å²) in [6, 6.07) is 17.2. The van der Waals surface area contributed by atoms with Gasteiger partial charge in [0.05, 0.1) is 12.8 Å². The number of aromatic nitrogens is 1. The van der Waals surface area contributed by atoms with Crippen molar-refractivity contribution in [3.63, 3.8) is 0 Å². The van der Waals surface area contributed by atoms with E-state index in [4.69, 9.17) is 17.0 Å². The summed E-state index contributed by atoms with van der Waals surface area (Å²) in [6.45, 7) is 0. The molecule has 0 radical (unpaired) electrons. The zero-order valence-electron chi connectivity index (χ0n) is 14.5.